The molecule has 2 aromatic rings. The van der Waals surface area contributed by atoms with Crippen LogP contribution < -0.4 is 14.8 Å². The Morgan fingerprint density at radius 3 is 2.50 bits per heavy atom. The molecule has 0 unspecified atom stereocenters. The molecule has 1 N–H and O–H groups in total. The molecule has 186 valence electrons. The molecule has 3 rings (SSSR count). The number of alkyl halides is 1. The summed E-state index contributed by atoms with van der Waals surface area (Å²) in [5.41, 5.74) is 0.611. The van der Waals surface area contributed by atoms with Gasteiger partial charge in [0.2, 0.25) is 11.8 Å². The van der Waals surface area contributed by atoms with Crippen LogP contribution in [-0.2, 0) is 16.1 Å². The number of hydrogen-bond donors (Lipinski definition) is 1. The third-order valence-electron chi connectivity index (χ3n) is 6.13. The van der Waals surface area contributed by atoms with Gasteiger partial charge in [0.25, 0.3) is 0 Å². The number of ether oxygens (including phenoxy) is 2. The molecule has 0 aliphatic heterocycles. The molecular weight excluding hydrogens is 456 g/mol. The number of nitrogens with zero attached hydrogens (tertiary/aromatic N) is 1. The maximum absolute atomic E-state index is 13.7. The third-order valence-corrected chi connectivity index (χ3v) is 6.36. The van der Waals surface area contributed by atoms with Crippen molar-refractivity contribution in [1.29, 1.82) is 0 Å². The number of rotatable bonds is 10. The van der Waals surface area contributed by atoms with Crippen LogP contribution in [0.3, 0.4) is 0 Å². The van der Waals surface area contributed by atoms with Crippen LogP contribution >= 0.6 is 11.6 Å². The first-order chi connectivity index (χ1) is 16.3. The van der Waals surface area contributed by atoms with Gasteiger partial charge in [-0.15, -0.1) is 11.6 Å². The van der Waals surface area contributed by atoms with Crippen molar-refractivity contribution in [2.45, 2.75) is 71.2 Å². The van der Waals surface area contributed by atoms with Crippen LogP contribution in [0.4, 0.5) is 0 Å². The highest BCUT2D eigenvalue weighted by Crippen LogP contribution is 2.34. The number of carbonyl (C=O) groups excluding carboxylic acids is 2. The van der Waals surface area contributed by atoms with Gasteiger partial charge in [0.15, 0.2) is 11.5 Å². The lowest BCUT2D eigenvalue weighted by atomic mass is 9.87. The van der Waals surface area contributed by atoms with Gasteiger partial charge in [-0.3, -0.25) is 9.59 Å². The molecule has 0 spiro atoms. The SMILES string of the molecule is COc1cc([C@H](C(=O)NC2CCC(C)CC2)N(Cc2ccco2)C(=O)CCl)ccc1OC(C)C. The summed E-state index contributed by atoms with van der Waals surface area (Å²) in [6.07, 6.45) is 5.49. The second-order valence-electron chi connectivity index (χ2n) is 9.18. The summed E-state index contributed by atoms with van der Waals surface area (Å²) < 4.78 is 16.9. The fraction of sp³-hybridized carbons (Fsp3) is 0.538. The van der Waals surface area contributed by atoms with Gasteiger partial charge in [0.05, 0.1) is 26.0 Å². The molecule has 1 aliphatic rings. The van der Waals surface area contributed by atoms with Gasteiger partial charge >= 0.3 is 0 Å². The van der Waals surface area contributed by atoms with Gasteiger partial charge in [-0.25, -0.2) is 0 Å². The van der Waals surface area contributed by atoms with E-state index in [4.69, 9.17) is 25.5 Å². The minimum atomic E-state index is -0.905. The van der Waals surface area contributed by atoms with Gasteiger partial charge < -0.3 is 24.1 Å². The first kappa shape index (κ1) is 25.9. The summed E-state index contributed by atoms with van der Waals surface area (Å²) in [6, 6.07) is 8.01. The highest BCUT2D eigenvalue weighted by atomic mass is 35.5. The van der Waals surface area contributed by atoms with Crippen LogP contribution in [0.25, 0.3) is 0 Å². The van der Waals surface area contributed by atoms with Gasteiger partial charge in [-0.2, -0.15) is 0 Å². The number of halogens is 1. The van der Waals surface area contributed by atoms with E-state index in [9.17, 15) is 9.59 Å². The Labute approximate surface area is 206 Å². The van der Waals surface area contributed by atoms with Crippen LogP contribution in [0.15, 0.2) is 41.0 Å². The van der Waals surface area contributed by atoms with Gasteiger partial charge in [-0.05, 0) is 75.3 Å². The zero-order valence-electron chi connectivity index (χ0n) is 20.4. The molecule has 0 bridgehead atoms. The standard InChI is InChI=1S/C26H35ClN2O5/c1-17(2)34-22-12-9-19(14-23(22)32-4)25(26(31)28-20-10-7-18(3)8-11-20)29(24(30)15-27)16-21-6-5-13-33-21/h5-6,9,12-14,17-18,20,25H,7-8,10-11,15-16H2,1-4H3,(H,28,31)/t18?,20?,25-/m1/s1. The lowest BCUT2D eigenvalue weighted by Gasteiger charge is -2.33. The van der Waals surface area contributed by atoms with E-state index in [-0.39, 0.29) is 36.4 Å². The first-order valence-corrected chi connectivity index (χ1v) is 12.4. The van der Waals surface area contributed by atoms with Gasteiger partial charge in [0, 0.05) is 6.04 Å². The zero-order valence-corrected chi connectivity index (χ0v) is 21.1. The largest absolute Gasteiger partial charge is 0.493 e. The number of benzene rings is 1. The summed E-state index contributed by atoms with van der Waals surface area (Å²) in [5.74, 6) is 1.43. The number of carbonyl (C=O) groups is 2. The fourth-order valence-electron chi connectivity index (χ4n) is 4.33. The molecule has 8 heteroatoms. The molecule has 1 aliphatic carbocycles. The van der Waals surface area contributed by atoms with Crippen LogP contribution in [0.5, 0.6) is 11.5 Å². The smallest absolute Gasteiger partial charge is 0.247 e. The van der Waals surface area contributed by atoms with Crippen molar-refractivity contribution in [3.63, 3.8) is 0 Å². The highest BCUT2D eigenvalue weighted by Gasteiger charge is 2.34. The minimum absolute atomic E-state index is 0.0409. The summed E-state index contributed by atoms with van der Waals surface area (Å²) in [5, 5.41) is 3.18. The average molecular weight is 491 g/mol. The molecule has 1 aromatic carbocycles. The monoisotopic (exact) mass is 490 g/mol. The predicted octanol–water partition coefficient (Wildman–Crippen LogP) is 5.08. The Bertz CT molecular complexity index is 939. The van der Waals surface area contributed by atoms with E-state index in [1.54, 1.807) is 37.4 Å². The van der Waals surface area contributed by atoms with E-state index in [0.29, 0.717) is 28.7 Å². The van der Waals surface area contributed by atoms with Crippen molar-refractivity contribution >= 4 is 23.4 Å². The number of hydrogen-bond acceptors (Lipinski definition) is 5. The van der Waals surface area contributed by atoms with Crippen molar-refractivity contribution in [1.82, 2.24) is 10.2 Å². The summed E-state index contributed by atoms with van der Waals surface area (Å²) in [7, 11) is 1.55. The molecule has 1 aromatic heterocycles. The number of amides is 2. The first-order valence-electron chi connectivity index (χ1n) is 11.8. The van der Waals surface area contributed by atoms with Crippen molar-refractivity contribution in [2.75, 3.05) is 13.0 Å². The predicted molar refractivity (Wildman–Crippen MR) is 131 cm³/mol. The van der Waals surface area contributed by atoms with E-state index in [0.717, 1.165) is 25.7 Å². The summed E-state index contributed by atoms with van der Waals surface area (Å²) >= 11 is 5.97. The Kier molecular flexibility index (Phi) is 9.28. The van der Waals surface area contributed by atoms with E-state index in [1.807, 2.05) is 13.8 Å². The second-order valence-corrected chi connectivity index (χ2v) is 9.45. The van der Waals surface area contributed by atoms with E-state index >= 15 is 0 Å². The molecule has 7 nitrogen and oxygen atoms in total. The normalized spacial score (nSPS) is 18.9. The van der Waals surface area contributed by atoms with Crippen LogP contribution in [0, 0.1) is 5.92 Å². The topological polar surface area (TPSA) is 81.0 Å². The fourth-order valence-corrected chi connectivity index (χ4v) is 4.49. The molecular formula is C26H35ClN2O5. The molecule has 34 heavy (non-hydrogen) atoms. The summed E-state index contributed by atoms with van der Waals surface area (Å²) in [4.78, 5) is 28.1. The molecule has 2 amide bonds. The van der Waals surface area contributed by atoms with E-state index in [2.05, 4.69) is 12.2 Å². The Morgan fingerprint density at radius 2 is 1.91 bits per heavy atom. The molecule has 1 saturated carbocycles. The van der Waals surface area contributed by atoms with Crippen molar-refractivity contribution in [3.05, 3.63) is 47.9 Å². The summed E-state index contributed by atoms with van der Waals surface area (Å²) in [6.45, 7) is 6.21. The van der Waals surface area contributed by atoms with Crippen LogP contribution in [-0.4, -0.2) is 41.8 Å². The lowest BCUT2D eigenvalue weighted by Crippen LogP contribution is -2.47. The number of methoxy groups -OCH3 is 1. The van der Waals surface area contributed by atoms with E-state index < -0.39 is 6.04 Å². The minimum Gasteiger partial charge on any atom is -0.493 e. The molecule has 0 radical (unpaired) electrons. The Morgan fingerprint density at radius 1 is 1.18 bits per heavy atom. The number of furan rings is 1. The van der Waals surface area contributed by atoms with E-state index in [1.165, 1.54) is 11.2 Å². The third kappa shape index (κ3) is 6.69. The van der Waals surface area contributed by atoms with Gasteiger partial charge in [0.1, 0.15) is 17.7 Å². The van der Waals surface area contributed by atoms with Crippen LogP contribution in [0.1, 0.15) is 63.8 Å². The van der Waals surface area contributed by atoms with Crippen molar-refractivity contribution in [3.8, 4) is 11.5 Å². The Balaban J connectivity index is 1.97. The zero-order chi connectivity index (χ0) is 24.7. The number of nitrogens with one attached hydrogen (secondary N) is 1. The van der Waals surface area contributed by atoms with Crippen LogP contribution in [0.2, 0.25) is 0 Å². The molecule has 1 atom stereocenters. The molecule has 1 heterocycles. The Hall–Kier alpha value is -2.67. The molecule has 0 saturated heterocycles. The lowest BCUT2D eigenvalue weighted by molar-refractivity contribution is -0.140. The molecule has 1 fully saturated rings. The maximum Gasteiger partial charge on any atom is 0.247 e. The van der Waals surface area contributed by atoms with Crippen molar-refractivity contribution in [2.24, 2.45) is 5.92 Å². The van der Waals surface area contributed by atoms with Gasteiger partial charge in [-0.1, -0.05) is 13.0 Å². The average Bonchev–Trinajstić information content (AvgIpc) is 3.33. The highest BCUT2D eigenvalue weighted by molar-refractivity contribution is 6.27. The van der Waals surface area contributed by atoms with Crippen molar-refractivity contribution < 1.29 is 23.5 Å². The maximum atomic E-state index is 13.7. The quantitative estimate of drug-likeness (QED) is 0.470. The second kappa shape index (κ2) is 12.2.